The highest BCUT2D eigenvalue weighted by atomic mass is 32.2. The van der Waals surface area contributed by atoms with Gasteiger partial charge in [0.25, 0.3) is 11.2 Å². The van der Waals surface area contributed by atoms with Gasteiger partial charge in [-0.2, -0.15) is 0 Å². The second-order valence-electron chi connectivity index (χ2n) is 6.00. The predicted octanol–water partition coefficient (Wildman–Crippen LogP) is 4.76. The van der Waals surface area contributed by atoms with E-state index < -0.39 is 10.5 Å². The van der Waals surface area contributed by atoms with Crippen LogP contribution < -0.4 is 5.56 Å². The molecule has 1 aromatic heterocycles. The highest BCUT2D eigenvalue weighted by Crippen LogP contribution is 2.40. The standard InChI is InChI=1S/C21H14N2O4S/c24-19-15-10-4-5-11-16(15)22(14-8-2-1-3-9-14)21(25)20(19)28-18-13-7-6-12-17(18)23(26)27/h1-13,24H. The number of pyridine rings is 1. The summed E-state index contributed by atoms with van der Waals surface area (Å²) < 4.78 is 1.51. The Balaban J connectivity index is 2.01. The highest BCUT2D eigenvalue weighted by Gasteiger charge is 2.21. The number of hydrogen-bond donors (Lipinski definition) is 1. The molecule has 3 aromatic carbocycles. The minimum atomic E-state index is -0.504. The third-order valence-corrected chi connectivity index (χ3v) is 5.44. The van der Waals surface area contributed by atoms with Gasteiger partial charge >= 0.3 is 0 Å². The summed E-state index contributed by atoms with van der Waals surface area (Å²) in [6.07, 6.45) is 0. The van der Waals surface area contributed by atoms with Crippen molar-refractivity contribution in [3.8, 4) is 11.4 Å². The second kappa shape index (κ2) is 7.21. The predicted molar refractivity (Wildman–Crippen MR) is 108 cm³/mol. The molecule has 7 heteroatoms. The number of fused-ring (bicyclic) bond motifs is 1. The zero-order valence-corrected chi connectivity index (χ0v) is 15.3. The first-order valence-corrected chi connectivity index (χ1v) is 9.23. The normalized spacial score (nSPS) is 10.9. The van der Waals surface area contributed by atoms with Crippen LogP contribution in [0.15, 0.2) is 93.4 Å². The maximum absolute atomic E-state index is 13.3. The van der Waals surface area contributed by atoms with Gasteiger partial charge in [-0.3, -0.25) is 19.5 Å². The first kappa shape index (κ1) is 17.8. The van der Waals surface area contributed by atoms with E-state index in [2.05, 4.69) is 0 Å². The molecule has 0 atom stereocenters. The van der Waals surface area contributed by atoms with Crippen molar-refractivity contribution in [2.24, 2.45) is 0 Å². The Morgan fingerprint density at radius 3 is 2.29 bits per heavy atom. The van der Waals surface area contributed by atoms with Crippen molar-refractivity contribution in [3.05, 3.63) is 99.3 Å². The summed E-state index contributed by atoms with van der Waals surface area (Å²) in [6.45, 7) is 0. The van der Waals surface area contributed by atoms with Crippen LogP contribution in [0, 0.1) is 10.1 Å². The Kier molecular flexibility index (Phi) is 4.58. The molecule has 0 unspecified atom stereocenters. The van der Waals surface area contributed by atoms with E-state index in [0.29, 0.717) is 16.6 Å². The first-order valence-electron chi connectivity index (χ1n) is 8.41. The van der Waals surface area contributed by atoms with Crippen molar-refractivity contribution in [3.63, 3.8) is 0 Å². The summed E-state index contributed by atoms with van der Waals surface area (Å²) >= 11 is 0.894. The van der Waals surface area contributed by atoms with E-state index in [-0.39, 0.29) is 21.2 Å². The first-order chi connectivity index (χ1) is 13.6. The summed E-state index contributed by atoms with van der Waals surface area (Å²) in [6, 6.07) is 22.2. The van der Waals surface area contributed by atoms with Gasteiger partial charge in [0.15, 0.2) is 0 Å². The van der Waals surface area contributed by atoms with Gasteiger partial charge in [0.05, 0.1) is 15.3 Å². The summed E-state index contributed by atoms with van der Waals surface area (Å²) in [7, 11) is 0. The summed E-state index contributed by atoms with van der Waals surface area (Å²) in [5.74, 6) is -0.184. The lowest BCUT2D eigenvalue weighted by atomic mass is 10.2. The SMILES string of the molecule is O=c1c(Sc2ccccc2[N+](=O)[O-])c(O)c2ccccc2n1-c1ccccc1. The van der Waals surface area contributed by atoms with Gasteiger partial charge in [-0.05, 0) is 30.3 Å². The smallest absolute Gasteiger partial charge is 0.283 e. The van der Waals surface area contributed by atoms with Gasteiger partial charge in [-0.15, -0.1) is 0 Å². The maximum Gasteiger partial charge on any atom is 0.283 e. The summed E-state index contributed by atoms with van der Waals surface area (Å²) in [5, 5.41) is 22.6. The minimum Gasteiger partial charge on any atom is -0.506 e. The van der Waals surface area contributed by atoms with E-state index in [4.69, 9.17) is 0 Å². The fourth-order valence-electron chi connectivity index (χ4n) is 3.03. The van der Waals surface area contributed by atoms with E-state index in [1.54, 1.807) is 54.6 Å². The van der Waals surface area contributed by atoms with Crippen LogP contribution in [0.1, 0.15) is 0 Å². The number of nitro groups is 1. The summed E-state index contributed by atoms with van der Waals surface area (Å²) in [4.78, 5) is 24.5. The lowest BCUT2D eigenvalue weighted by molar-refractivity contribution is -0.387. The quantitative estimate of drug-likeness (QED) is 0.401. The molecule has 4 rings (SSSR count). The second-order valence-corrected chi connectivity index (χ2v) is 7.05. The van der Waals surface area contributed by atoms with Crippen LogP contribution in [0.2, 0.25) is 0 Å². The summed E-state index contributed by atoms with van der Waals surface area (Å²) in [5.41, 5.74) is 0.646. The Morgan fingerprint density at radius 1 is 0.893 bits per heavy atom. The van der Waals surface area contributed by atoms with Gasteiger partial charge < -0.3 is 5.11 Å². The van der Waals surface area contributed by atoms with E-state index in [9.17, 15) is 20.0 Å². The molecule has 1 N–H and O–H groups in total. The average Bonchev–Trinajstić information content (AvgIpc) is 2.72. The van der Waals surface area contributed by atoms with Crippen molar-refractivity contribution in [1.82, 2.24) is 4.57 Å². The zero-order chi connectivity index (χ0) is 19.7. The lowest BCUT2D eigenvalue weighted by Crippen LogP contribution is -2.20. The molecule has 0 amide bonds. The topological polar surface area (TPSA) is 85.4 Å². The number of benzene rings is 3. The maximum atomic E-state index is 13.3. The highest BCUT2D eigenvalue weighted by molar-refractivity contribution is 7.99. The van der Waals surface area contributed by atoms with E-state index in [0.717, 1.165) is 11.8 Å². The van der Waals surface area contributed by atoms with Gasteiger partial charge in [-0.1, -0.05) is 54.2 Å². The van der Waals surface area contributed by atoms with E-state index in [1.165, 1.54) is 10.6 Å². The molecule has 0 saturated heterocycles. The Morgan fingerprint density at radius 2 is 1.54 bits per heavy atom. The van der Waals surface area contributed by atoms with Crippen LogP contribution in [-0.4, -0.2) is 14.6 Å². The monoisotopic (exact) mass is 390 g/mol. The minimum absolute atomic E-state index is 0.0388. The number of para-hydroxylation sites is 3. The molecule has 6 nitrogen and oxygen atoms in total. The van der Waals surface area contributed by atoms with Gasteiger partial charge in [0, 0.05) is 17.1 Å². The molecule has 0 fully saturated rings. The molecule has 0 aliphatic heterocycles. The molecule has 0 spiro atoms. The number of rotatable bonds is 4. The Labute approximate surface area is 163 Å². The van der Waals surface area contributed by atoms with Gasteiger partial charge in [-0.25, -0.2) is 0 Å². The van der Waals surface area contributed by atoms with Gasteiger partial charge in [0.2, 0.25) is 0 Å². The molecular weight excluding hydrogens is 376 g/mol. The molecule has 0 aliphatic carbocycles. The Bertz CT molecular complexity index is 1250. The van der Waals surface area contributed by atoms with Crippen LogP contribution in [0.5, 0.6) is 5.75 Å². The van der Waals surface area contributed by atoms with Crippen LogP contribution >= 0.6 is 11.8 Å². The molecule has 0 aliphatic rings. The number of aromatic hydroxyl groups is 1. The van der Waals surface area contributed by atoms with Crippen LogP contribution in [0.25, 0.3) is 16.6 Å². The zero-order valence-electron chi connectivity index (χ0n) is 14.5. The molecule has 1 heterocycles. The molecular formula is C21H14N2O4S. The van der Waals surface area contributed by atoms with Crippen LogP contribution in [-0.2, 0) is 0 Å². The van der Waals surface area contributed by atoms with Crippen LogP contribution in [0.3, 0.4) is 0 Å². The van der Waals surface area contributed by atoms with Crippen molar-refractivity contribution < 1.29 is 10.0 Å². The van der Waals surface area contributed by atoms with Crippen molar-refractivity contribution in [2.75, 3.05) is 0 Å². The average molecular weight is 390 g/mol. The molecule has 4 aromatic rings. The third-order valence-electron chi connectivity index (χ3n) is 4.30. The number of aromatic nitrogens is 1. The van der Waals surface area contributed by atoms with Crippen molar-refractivity contribution in [2.45, 2.75) is 9.79 Å². The lowest BCUT2D eigenvalue weighted by Gasteiger charge is -2.15. The van der Waals surface area contributed by atoms with E-state index in [1.807, 2.05) is 18.2 Å². The van der Waals surface area contributed by atoms with Crippen molar-refractivity contribution >= 4 is 28.4 Å². The van der Waals surface area contributed by atoms with E-state index >= 15 is 0 Å². The fraction of sp³-hybridized carbons (Fsp3) is 0. The largest absolute Gasteiger partial charge is 0.506 e. The third kappa shape index (κ3) is 3.01. The van der Waals surface area contributed by atoms with Crippen molar-refractivity contribution in [1.29, 1.82) is 0 Å². The molecule has 0 bridgehead atoms. The molecule has 0 saturated carbocycles. The van der Waals surface area contributed by atoms with Gasteiger partial charge in [0.1, 0.15) is 10.6 Å². The Hall–Kier alpha value is -3.58. The fourth-order valence-corrected chi connectivity index (χ4v) is 4.03. The number of hydrogen-bond acceptors (Lipinski definition) is 5. The number of nitrogens with zero attached hydrogens (tertiary/aromatic N) is 2. The molecule has 28 heavy (non-hydrogen) atoms. The molecule has 0 radical (unpaired) electrons. The number of nitro benzene ring substituents is 1. The molecule has 138 valence electrons. The van der Waals surface area contributed by atoms with Crippen LogP contribution in [0.4, 0.5) is 5.69 Å².